The van der Waals surface area contributed by atoms with E-state index in [9.17, 15) is 18.3 Å². The van der Waals surface area contributed by atoms with E-state index in [1.807, 2.05) is 28.3 Å². The summed E-state index contributed by atoms with van der Waals surface area (Å²) in [7, 11) is -4.33. The largest absolute Gasteiger partial charge is 0.393 e. The number of carbonyl (C=O) groups is 1. The number of thiophene rings is 1. The lowest BCUT2D eigenvalue weighted by molar-refractivity contribution is 0.104. The molecule has 36 heavy (non-hydrogen) atoms. The third-order valence-corrected chi connectivity index (χ3v) is 8.25. The van der Waals surface area contributed by atoms with Crippen molar-refractivity contribution < 1.29 is 22.9 Å². The van der Waals surface area contributed by atoms with Gasteiger partial charge in [0.05, 0.1) is 22.6 Å². The van der Waals surface area contributed by atoms with E-state index in [1.54, 1.807) is 0 Å². The average Bonchev–Trinajstić information content (AvgIpc) is 3.48. The molecule has 1 aliphatic heterocycles. The van der Waals surface area contributed by atoms with Gasteiger partial charge in [0.2, 0.25) is 5.78 Å². The van der Waals surface area contributed by atoms with Crippen molar-refractivity contribution in [2.24, 2.45) is 5.92 Å². The molecular weight excluding hydrogens is 502 g/mol. The number of rotatable bonds is 8. The highest BCUT2D eigenvalue weighted by molar-refractivity contribution is 7.83. The summed E-state index contributed by atoms with van der Waals surface area (Å²) in [6, 6.07) is 10.1. The summed E-state index contributed by atoms with van der Waals surface area (Å²) < 4.78 is 32.9. The van der Waals surface area contributed by atoms with Crippen LogP contribution >= 0.6 is 11.3 Å². The van der Waals surface area contributed by atoms with Gasteiger partial charge in [0.15, 0.2) is 0 Å². The summed E-state index contributed by atoms with van der Waals surface area (Å²) in [4.78, 5) is 22.3. The van der Waals surface area contributed by atoms with Crippen LogP contribution in [0.25, 0.3) is 0 Å². The Morgan fingerprint density at radius 3 is 2.92 bits per heavy atom. The van der Waals surface area contributed by atoms with Gasteiger partial charge in [-0.25, -0.2) is 9.97 Å². The predicted molar refractivity (Wildman–Crippen MR) is 135 cm³/mol. The van der Waals surface area contributed by atoms with Crippen molar-refractivity contribution in [2.45, 2.75) is 37.5 Å². The summed E-state index contributed by atoms with van der Waals surface area (Å²) in [5.41, 5.74) is 3.91. The molecule has 1 aliphatic carbocycles. The number of aliphatic hydroxyl groups is 1. The Morgan fingerprint density at radius 1 is 1.25 bits per heavy atom. The first-order valence-electron chi connectivity index (χ1n) is 11.7. The SMILES string of the molecule is O=C(c1cc([C@@H]2NCCc3ccccc32)cs1)c1cncnc1N[C@@H]1C[C@H](CNS(=O)(=O)O)[C@@H](O)C1. The third-order valence-electron chi connectivity index (χ3n) is 6.77. The monoisotopic (exact) mass is 529 g/mol. The standard InChI is InChI=1S/C24H27N5O5S2/c30-20-9-17(7-15(20)10-28-36(32,33)34)29-24-19(11-25-13-27-24)23(31)21-8-16(12-35-21)22-18-4-2-1-3-14(18)5-6-26-22/h1-4,8,11-13,15,17,20,22,26,28,30H,5-7,9-10H2,(H,25,27,29)(H,32,33,34)/t15-,17-,20+,22+/m1/s1. The molecule has 2 aromatic heterocycles. The number of aliphatic hydroxyl groups excluding tert-OH is 1. The molecule has 0 saturated heterocycles. The highest BCUT2D eigenvalue weighted by Crippen LogP contribution is 2.33. The van der Waals surface area contributed by atoms with E-state index in [0.29, 0.717) is 29.1 Å². The lowest BCUT2D eigenvalue weighted by Gasteiger charge is -2.26. The molecule has 0 spiro atoms. The second-order valence-corrected chi connectivity index (χ2v) is 11.3. The Morgan fingerprint density at radius 2 is 2.08 bits per heavy atom. The van der Waals surface area contributed by atoms with Crippen molar-refractivity contribution in [3.63, 3.8) is 0 Å². The normalized spacial score (nSPS) is 23.8. The molecule has 1 fully saturated rings. The highest BCUT2D eigenvalue weighted by atomic mass is 32.2. The number of benzene rings is 1. The smallest absolute Gasteiger partial charge is 0.333 e. The number of nitrogens with zero attached hydrogens (tertiary/aromatic N) is 2. The van der Waals surface area contributed by atoms with Gasteiger partial charge in [-0.3, -0.25) is 9.35 Å². The van der Waals surface area contributed by atoms with Gasteiger partial charge in [0.25, 0.3) is 0 Å². The van der Waals surface area contributed by atoms with Crippen molar-refractivity contribution >= 4 is 33.2 Å². The second-order valence-electron chi connectivity index (χ2n) is 9.16. The molecule has 190 valence electrons. The molecule has 5 rings (SSSR count). The average molecular weight is 530 g/mol. The van der Waals surface area contributed by atoms with Crippen molar-refractivity contribution in [1.82, 2.24) is 20.0 Å². The van der Waals surface area contributed by atoms with E-state index in [1.165, 1.54) is 35.0 Å². The topological polar surface area (TPSA) is 154 Å². The number of hydrogen-bond donors (Lipinski definition) is 5. The third kappa shape index (κ3) is 5.48. The zero-order valence-electron chi connectivity index (χ0n) is 19.3. The van der Waals surface area contributed by atoms with E-state index in [2.05, 4.69) is 32.7 Å². The Bertz CT molecular complexity index is 1360. The fourth-order valence-corrected chi connectivity index (χ4v) is 6.33. The van der Waals surface area contributed by atoms with Crippen LogP contribution in [0.4, 0.5) is 5.82 Å². The van der Waals surface area contributed by atoms with E-state index in [4.69, 9.17) is 4.55 Å². The molecule has 0 unspecified atom stereocenters. The Kier molecular flexibility index (Phi) is 7.15. The second kappa shape index (κ2) is 10.3. The van der Waals surface area contributed by atoms with Gasteiger partial charge >= 0.3 is 10.3 Å². The zero-order valence-corrected chi connectivity index (χ0v) is 20.9. The van der Waals surface area contributed by atoms with E-state index in [-0.39, 0.29) is 30.3 Å². The number of nitrogens with one attached hydrogen (secondary N) is 3. The van der Waals surface area contributed by atoms with Crippen LogP contribution in [0.1, 0.15) is 50.8 Å². The number of ketones is 1. The Hall–Kier alpha value is -2.74. The molecule has 5 N–H and O–H groups in total. The van der Waals surface area contributed by atoms with Gasteiger partial charge in [0.1, 0.15) is 12.1 Å². The molecule has 0 bridgehead atoms. The zero-order chi connectivity index (χ0) is 25.3. The van der Waals surface area contributed by atoms with Crippen LogP contribution in [0, 0.1) is 5.92 Å². The lowest BCUT2D eigenvalue weighted by Crippen LogP contribution is -2.32. The molecule has 10 nitrogen and oxygen atoms in total. The summed E-state index contributed by atoms with van der Waals surface area (Å²) >= 11 is 1.38. The Balaban J connectivity index is 1.31. The lowest BCUT2D eigenvalue weighted by atomic mass is 9.91. The molecule has 0 amide bonds. The summed E-state index contributed by atoms with van der Waals surface area (Å²) in [5, 5.41) is 19.1. The van der Waals surface area contributed by atoms with Gasteiger partial charge in [-0.05, 0) is 47.4 Å². The Labute approximate surface area is 213 Å². The van der Waals surface area contributed by atoms with Crippen LogP contribution in [-0.4, -0.2) is 59.1 Å². The van der Waals surface area contributed by atoms with Crippen LogP contribution in [0.2, 0.25) is 0 Å². The van der Waals surface area contributed by atoms with Crippen molar-refractivity contribution in [3.8, 4) is 0 Å². The fraction of sp³-hybridized carbons (Fsp3) is 0.375. The molecule has 1 saturated carbocycles. The molecule has 2 aliphatic rings. The summed E-state index contributed by atoms with van der Waals surface area (Å²) in [6.45, 7) is 0.791. The highest BCUT2D eigenvalue weighted by Gasteiger charge is 2.34. The number of fused-ring (bicyclic) bond motifs is 1. The molecule has 4 atom stereocenters. The molecule has 1 aromatic carbocycles. The van der Waals surface area contributed by atoms with Crippen LogP contribution in [-0.2, 0) is 16.7 Å². The molecular formula is C24H27N5O5S2. The minimum atomic E-state index is -4.33. The summed E-state index contributed by atoms with van der Waals surface area (Å²) in [5.74, 6) is -0.204. The molecule has 3 aromatic rings. The van der Waals surface area contributed by atoms with Crippen LogP contribution < -0.4 is 15.4 Å². The van der Waals surface area contributed by atoms with Gasteiger partial charge in [-0.1, -0.05) is 24.3 Å². The van der Waals surface area contributed by atoms with Crippen molar-refractivity contribution in [1.29, 1.82) is 0 Å². The van der Waals surface area contributed by atoms with E-state index >= 15 is 0 Å². The van der Waals surface area contributed by atoms with Gasteiger partial charge < -0.3 is 15.7 Å². The number of aromatic nitrogens is 2. The van der Waals surface area contributed by atoms with E-state index in [0.717, 1.165) is 18.5 Å². The van der Waals surface area contributed by atoms with Gasteiger partial charge in [0, 0.05) is 31.2 Å². The van der Waals surface area contributed by atoms with Crippen LogP contribution in [0.15, 0.2) is 48.2 Å². The van der Waals surface area contributed by atoms with Crippen molar-refractivity contribution in [3.05, 3.63) is 75.4 Å². The maximum atomic E-state index is 13.4. The quantitative estimate of drug-likeness (QED) is 0.218. The maximum Gasteiger partial charge on any atom is 0.333 e. The minimum absolute atomic E-state index is 0.0330. The van der Waals surface area contributed by atoms with Crippen molar-refractivity contribution in [2.75, 3.05) is 18.4 Å². The van der Waals surface area contributed by atoms with Crippen LogP contribution in [0.5, 0.6) is 0 Å². The summed E-state index contributed by atoms with van der Waals surface area (Å²) in [6.07, 6.45) is 3.84. The minimum Gasteiger partial charge on any atom is -0.393 e. The van der Waals surface area contributed by atoms with Gasteiger partial charge in [-0.15, -0.1) is 11.3 Å². The van der Waals surface area contributed by atoms with Gasteiger partial charge in [-0.2, -0.15) is 13.1 Å². The van der Waals surface area contributed by atoms with Crippen LogP contribution in [0.3, 0.4) is 0 Å². The first kappa shape index (κ1) is 24.9. The molecule has 3 heterocycles. The molecule has 0 radical (unpaired) electrons. The molecule has 12 heteroatoms. The maximum absolute atomic E-state index is 13.4. The fourth-order valence-electron chi connectivity index (χ4n) is 5.01. The van der Waals surface area contributed by atoms with E-state index < -0.39 is 16.4 Å². The first-order chi connectivity index (χ1) is 17.3. The first-order valence-corrected chi connectivity index (χ1v) is 14.0. The number of carbonyl (C=O) groups excluding carboxylic acids is 1. The predicted octanol–water partition coefficient (Wildman–Crippen LogP) is 1.95. The number of hydrogen-bond acceptors (Lipinski definition) is 9. The number of anilines is 1.